The van der Waals surface area contributed by atoms with E-state index >= 15 is 0 Å². The molecule has 1 unspecified atom stereocenters. The van der Waals surface area contributed by atoms with Crippen LogP contribution in [0.4, 0.5) is 0 Å². The summed E-state index contributed by atoms with van der Waals surface area (Å²) in [5.74, 6) is -0.188. The molecular weight excluding hydrogens is 719 g/mol. The van der Waals surface area contributed by atoms with Gasteiger partial charge in [-0.2, -0.15) is 0 Å². The Morgan fingerprint density at radius 2 is 0.982 bits per heavy atom. The van der Waals surface area contributed by atoms with E-state index in [9.17, 15) is 19.4 Å². The maximum absolute atomic E-state index is 12.9. The Kier molecular flexibility index (Phi) is 38.3. The summed E-state index contributed by atoms with van der Waals surface area (Å²) < 4.78 is 23.5. The van der Waals surface area contributed by atoms with Crippen LogP contribution in [0.1, 0.15) is 206 Å². The third kappa shape index (κ3) is 40.9. The van der Waals surface area contributed by atoms with Gasteiger partial charge in [-0.05, 0) is 57.8 Å². The molecule has 330 valence electrons. The number of carbonyl (C=O) groups is 1. The molecule has 8 nitrogen and oxygen atoms in total. The first-order chi connectivity index (χ1) is 27.0. The highest BCUT2D eigenvalue weighted by molar-refractivity contribution is 7.47. The molecule has 0 aliphatic carbocycles. The van der Waals surface area contributed by atoms with Crippen molar-refractivity contribution in [3.8, 4) is 0 Å². The quantitative estimate of drug-likeness (QED) is 0.0245. The van der Waals surface area contributed by atoms with E-state index in [0.717, 1.165) is 38.5 Å². The van der Waals surface area contributed by atoms with E-state index in [1.54, 1.807) is 6.08 Å². The molecule has 0 aliphatic rings. The predicted octanol–water partition coefficient (Wildman–Crippen LogP) is 13.1. The molecule has 3 N–H and O–H groups in total. The highest BCUT2D eigenvalue weighted by Gasteiger charge is 2.27. The van der Waals surface area contributed by atoms with Crippen molar-refractivity contribution in [1.29, 1.82) is 0 Å². The molecular formula is C47H92N2O6P+. The molecule has 3 atom stereocenters. The van der Waals surface area contributed by atoms with Crippen molar-refractivity contribution in [1.82, 2.24) is 5.32 Å². The van der Waals surface area contributed by atoms with Crippen LogP contribution in [0.2, 0.25) is 0 Å². The summed E-state index contributed by atoms with van der Waals surface area (Å²) in [5.41, 5.74) is 0. The Labute approximate surface area is 347 Å². The van der Waals surface area contributed by atoms with Crippen molar-refractivity contribution in [3.63, 3.8) is 0 Å². The standard InChI is InChI=1S/C47H91N2O6P/c1-6-8-10-12-14-16-18-19-20-21-22-23-24-25-26-27-28-29-31-33-35-37-39-41-47(51)48-45(44-55-56(52,53)54-43-42-49(3,4)5)46(50)40-38-36-34-32-30-17-15-13-11-9-7-2/h19-20,30,32,38,40,45-46,50H,6-18,21-29,31,33-37,39,41-44H2,1-5H3,(H-,48,51,52,53)/p+1/b20-19+,32-30+,40-38+/t45-,46+/m0/s1. The Balaban J connectivity index is 4.25. The van der Waals surface area contributed by atoms with Crippen LogP contribution in [-0.2, 0) is 18.4 Å². The Morgan fingerprint density at radius 3 is 1.43 bits per heavy atom. The van der Waals surface area contributed by atoms with Gasteiger partial charge in [0.05, 0.1) is 39.9 Å². The van der Waals surface area contributed by atoms with Gasteiger partial charge in [0.25, 0.3) is 0 Å². The van der Waals surface area contributed by atoms with Gasteiger partial charge in [-0.25, -0.2) is 4.57 Å². The van der Waals surface area contributed by atoms with Gasteiger partial charge in [0, 0.05) is 6.42 Å². The summed E-state index contributed by atoms with van der Waals surface area (Å²) in [7, 11) is 1.55. The van der Waals surface area contributed by atoms with Crippen molar-refractivity contribution < 1.29 is 32.9 Å². The molecule has 1 amide bonds. The maximum Gasteiger partial charge on any atom is 0.472 e. The third-order valence-electron chi connectivity index (χ3n) is 10.3. The van der Waals surface area contributed by atoms with E-state index in [1.807, 2.05) is 27.2 Å². The number of hydrogen-bond donors (Lipinski definition) is 3. The molecule has 0 aliphatic heterocycles. The fourth-order valence-corrected chi connectivity index (χ4v) is 7.32. The number of hydrogen-bond acceptors (Lipinski definition) is 5. The molecule has 0 bridgehead atoms. The highest BCUT2D eigenvalue weighted by Crippen LogP contribution is 2.43. The summed E-state index contributed by atoms with van der Waals surface area (Å²) in [5, 5.41) is 13.8. The van der Waals surface area contributed by atoms with Crippen LogP contribution in [0, 0.1) is 0 Å². The normalized spacial score (nSPS) is 14.6. The van der Waals surface area contributed by atoms with Gasteiger partial charge in [0.1, 0.15) is 13.2 Å². The molecule has 0 aromatic carbocycles. The van der Waals surface area contributed by atoms with Crippen LogP contribution in [-0.4, -0.2) is 73.4 Å². The van der Waals surface area contributed by atoms with E-state index in [0.29, 0.717) is 17.4 Å². The van der Waals surface area contributed by atoms with Gasteiger partial charge in [0.2, 0.25) is 5.91 Å². The molecule has 56 heavy (non-hydrogen) atoms. The lowest BCUT2D eigenvalue weighted by Gasteiger charge is -2.25. The summed E-state index contributed by atoms with van der Waals surface area (Å²) in [4.78, 5) is 23.1. The summed E-state index contributed by atoms with van der Waals surface area (Å²) in [6, 6.07) is -0.860. The summed E-state index contributed by atoms with van der Waals surface area (Å²) in [6.45, 7) is 4.76. The third-order valence-corrected chi connectivity index (χ3v) is 11.3. The number of nitrogens with one attached hydrogen (secondary N) is 1. The molecule has 0 rings (SSSR count). The Morgan fingerprint density at radius 1 is 0.589 bits per heavy atom. The topological polar surface area (TPSA) is 105 Å². The zero-order chi connectivity index (χ0) is 41.4. The van der Waals surface area contributed by atoms with E-state index in [4.69, 9.17) is 9.05 Å². The number of unbranched alkanes of at least 4 members (excludes halogenated alkanes) is 25. The Bertz CT molecular complexity index is 1010. The number of phosphoric acid groups is 1. The first-order valence-corrected chi connectivity index (χ1v) is 24.9. The lowest BCUT2D eigenvalue weighted by molar-refractivity contribution is -0.870. The molecule has 0 spiro atoms. The van der Waals surface area contributed by atoms with Gasteiger partial charge >= 0.3 is 7.82 Å². The zero-order valence-corrected chi connectivity index (χ0v) is 38.3. The van der Waals surface area contributed by atoms with Crippen LogP contribution in [0.5, 0.6) is 0 Å². The number of nitrogens with zero attached hydrogens (tertiary/aromatic N) is 1. The van der Waals surface area contributed by atoms with E-state index in [2.05, 4.69) is 43.5 Å². The highest BCUT2D eigenvalue weighted by atomic mass is 31.2. The largest absolute Gasteiger partial charge is 0.472 e. The fourth-order valence-electron chi connectivity index (χ4n) is 6.58. The monoisotopic (exact) mass is 812 g/mol. The average molecular weight is 812 g/mol. The Hall–Kier alpha value is -1.28. The van der Waals surface area contributed by atoms with Crippen LogP contribution >= 0.6 is 7.82 Å². The van der Waals surface area contributed by atoms with Crippen LogP contribution in [0.3, 0.4) is 0 Å². The number of aliphatic hydroxyl groups excluding tert-OH is 1. The van der Waals surface area contributed by atoms with Crippen LogP contribution < -0.4 is 5.32 Å². The van der Waals surface area contributed by atoms with Gasteiger partial charge in [-0.3, -0.25) is 13.8 Å². The second kappa shape index (κ2) is 39.2. The van der Waals surface area contributed by atoms with Crippen molar-refractivity contribution in [2.75, 3.05) is 40.9 Å². The van der Waals surface area contributed by atoms with E-state index in [-0.39, 0.29) is 19.1 Å². The molecule has 0 heterocycles. The second-order valence-corrected chi connectivity index (χ2v) is 18.6. The number of allylic oxidation sites excluding steroid dienone is 5. The van der Waals surface area contributed by atoms with Gasteiger partial charge in [-0.15, -0.1) is 0 Å². The van der Waals surface area contributed by atoms with Crippen LogP contribution in [0.15, 0.2) is 36.5 Å². The zero-order valence-electron chi connectivity index (χ0n) is 37.4. The number of aliphatic hydroxyl groups is 1. The second-order valence-electron chi connectivity index (χ2n) is 17.1. The maximum atomic E-state index is 12.9. The van der Waals surface area contributed by atoms with Crippen molar-refractivity contribution in [3.05, 3.63) is 36.5 Å². The molecule has 0 saturated heterocycles. The number of rotatable bonds is 42. The fraction of sp³-hybridized carbons (Fsp3) is 0.851. The molecule has 0 saturated carbocycles. The van der Waals surface area contributed by atoms with Gasteiger partial charge < -0.3 is 19.8 Å². The minimum absolute atomic E-state index is 0.0564. The molecule has 0 radical (unpaired) electrons. The minimum Gasteiger partial charge on any atom is -0.387 e. The molecule has 0 fully saturated rings. The number of quaternary nitrogens is 1. The summed E-state index contributed by atoms with van der Waals surface area (Å²) in [6.07, 6.45) is 48.0. The number of likely N-dealkylation sites (N-methyl/N-ethyl adjacent to an activating group) is 1. The minimum atomic E-state index is -4.34. The number of carbonyl (C=O) groups excluding carboxylic acids is 1. The predicted molar refractivity (Wildman–Crippen MR) is 240 cm³/mol. The van der Waals surface area contributed by atoms with Gasteiger partial charge in [-0.1, -0.05) is 179 Å². The smallest absolute Gasteiger partial charge is 0.387 e. The van der Waals surface area contributed by atoms with Crippen LogP contribution in [0.25, 0.3) is 0 Å². The SMILES string of the molecule is CCCCCCC/C=C/CC/C=C/[C@@H](O)[C@H](COP(=O)(O)OCC[N+](C)(C)C)NC(=O)CCCCCCCCCCCCCCC/C=C/CCCCCCCC. The molecule has 0 aromatic rings. The first kappa shape index (κ1) is 54.7. The van der Waals surface area contributed by atoms with Crippen molar-refractivity contribution in [2.24, 2.45) is 0 Å². The number of phosphoric ester groups is 1. The number of amides is 1. The van der Waals surface area contributed by atoms with E-state index in [1.165, 1.54) is 148 Å². The lowest BCUT2D eigenvalue weighted by atomic mass is 10.0. The van der Waals surface area contributed by atoms with Gasteiger partial charge in [0.15, 0.2) is 0 Å². The average Bonchev–Trinajstić information content (AvgIpc) is 3.15. The first-order valence-electron chi connectivity index (χ1n) is 23.4. The van der Waals surface area contributed by atoms with Crippen molar-refractivity contribution in [2.45, 2.75) is 219 Å². The molecule has 0 aromatic heterocycles. The lowest BCUT2D eigenvalue weighted by Crippen LogP contribution is -2.45. The summed E-state index contributed by atoms with van der Waals surface area (Å²) >= 11 is 0. The van der Waals surface area contributed by atoms with E-state index < -0.39 is 20.0 Å². The molecule has 9 heteroatoms. The van der Waals surface area contributed by atoms with Crippen molar-refractivity contribution >= 4 is 13.7 Å².